The number of methoxy groups -OCH3 is 1. The number of carbonyl (C=O) groups excluding carboxylic acids is 1. The molecule has 3 rings (SSSR count). The molecule has 34 heavy (non-hydrogen) atoms. The Kier molecular flexibility index (Phi) is 7.51. The summed E-state index contributed by atoms with van der Waals surface area (Å²) in [5.41, 5.74) is -0.594. The Bertz CT molecular complexity index is 1250. The summed E-state index contributed by atoms with van der Waals surface area (Å²) in [6.07, 6.45) is -4.68. The normalized spacial score (nSPS) is 11.7. The number of halogens is 3. The van der Waals surface area contributed by atoms with Gasteiger partial charge in [-0.15, -0.1) is 0 Å². The Morgan fingerprint density at radius 2 is 1.59 bits per heavy atom. The lowest BCUT2D eigenvalue weighted by atomic mass is 10.2. The molecule has 0 spiro atoms. The lowest BCUT2D eigenvalue weighted by Gasteiger charge is -2.27. The monoisotopic (exact) mass is 492 g/mol. The average molecular weight is 493 g/mol. The quantitative estimate of drug-likeness (QED) is 0.462. The molecule has 6 nitrogen and oxygen atoms in total. The molecule has 0 unspecified atom stereocenters. The van der Waals surface area contributed by atoms with E-state index in [1.807, 2.05) is 0 Å². The predicted octanol–water partition coefficient (Wildman–Crippen LogP) is 4.57. The fourth-order valence-electron chi connectivity index (χ4n) is 3.29. The van der Waals surface area contributed by atoms with E-state index in [1.165, 1.54) is 49.4 Å². The Morgan fingerprint density at radius 1 is 0.941 bits per heavy atom. The van der Waals surface area contributed by atoms with Crippen LogP contribution in [-0.2, 0) is 27.5 Å². The van der Waals surface area contributed by atoms with Crippen molar-refractivity contribution < 1.29 is 31.1 Å². The molecule has 0 saturated heterocycles. The van der Waals surface area contributed by atoms with Gasteiger partial charge in [0, 0.05) is 19.2 Å². The van der Waals surface area contributed by atoms with Crippen LogP contribution in [0.15, 0.2) is 83.8 Å². The number of carbonyl (C=O) groups is 1. The maximum Gasteiger partial charge on any atom is 0.416 e. The van der Waals surface area contributed by atoms with Crippen LogP contribution in [0.1, 0.15) is 11.1 Å². The molecule has 0 aromatic heterocycles. The van der Waals surface area contributed by atoms with Gasteiger partial charge < -0.3 is 9.64 Å². The topological polar surface area (TPSA) is 66.9 Å². The van der Waals surface area contributed by atoms with Gasteiger partial charge in [0.25, 0.3) is 10.0 Å². The van der Waals surface area contributed by atoms with Crippen molar-refractivity contribution in [1.82, 2.24) is 4.90 Å². The highest BCUT2D eigenvalue weighted by molar-refractivity contribution is 7.92. The minimum absolute atomic E-state index is 0.116. The number of sulfonamides is 1. The summed E-state index contributed by atoms with van der Waals surface area (Å²) in [6.45, 7) is -0.575. The second kappa shape index (κ2) is 10.2. The first-order valence-electron chi connectivity index (χ1n) is 10.1. The number of para-hydroxylation sites is 1. The number of amides is 1. The summed E-state index contributed by atoms with van der Waals surface area (Å²) in [5, 5.41) is 0. The number of hydrogen-bond donors (Lipinski definition) is 0. The third-order valence-electron chi connectivity index (χ3n) is 5.10. The maximum atomic E-state index is 13.4. The maximum absolute atomic E-state index is 13.4. The molecule has 3 aromatic carbocycles. The minimum atomic E-state index is -4.68. The molecule has 10 heteroatoms. The Balaban J connectivity index is 1.97. The van der Waals surface area contributed by atoms with E-state index in [-0.39, 0.29) is 17.1 Å². The average Bonchev–Trinajstić information content (AvgIpc) is 2.82. The lowest BCUT2D eigenvalue weighted by Crippen LogP contribution is -2.41. The summed E-state index contributed by atoms with van der Waals surface area (Å²) in [5.74, 6) is -0.0587. The fourth-order valence-corrected chi connectivity index (χ4v) is 4.72. The molecule has 0 saturated carbocycles. The van der Waals surface area contributed by atoms with Crippen LogP contribution in [0.4, 0.5) is 18.9 Å². The van der Waals surface area contributed by atoms with Crippen molar-refractivity contribution in [2.24, 2.45) is 0 Å². The summed E-state index contributed by atoms with van der Waals surface area (Å²) in [6, 6.07) is 18.1. The Morgan fingerprint density at radius 3 is 2.24 bits per heavy atom. The van der Waals surface area contributed by atoms with Crippen molar-refractivity contribution in [3.63, 3.8) is 0 Å². The van der Waals surface area contributed by atoms with Gasteiger partial charge in [-0.2, -0.15) is 13.2 Å². The van der Waals surface area contributed by atoms with Gasteiger partial charge in [-0.1, -0.05) is 42.5 Å². The first-order chi connectivity index (χ1) is 16.0. The first-order valence-corrected chi connectivity index (χ1v) is 11.6. The number of anilines is 1. The van der Waals surface area contributed by atoms with Crippen molar-refractivity contribution in [3.8, 4) is 5.75 Å². The Hall–Kier alpha value is -3.53. The van der Waals surface area contributed by atoms with Crippen molar-refractivity contribution in [3.05, 3.63) is 90.0 Å². The number of rotatable bonds is 8. The van der Waals surface area contributed by atoms with Crippen LogP contribution >= 0.6 is 0 Å². The van der Waals surface area contributed by atoms with Gasteiger partial charge >= 0.3 is 6.18 Å². The van der Waals surface area contributed by atoms with Crippen LogP contribution in [-0.4, -0.2) is 39.9 Å². The van der Waals surface area contributed by atoms with Crippen LogP contribution < -0.4 is 9.04 Å². The number of benzene rings is 3. The molecule has 180 valence electrons. The van der Waals surface area contributed by atoms with Crippen LogP contribution in [0.25, 0.3) is 0 Å². The smallest absolute Gasteiger partial charge is 0.416 e. The third-order valence-corrected chi connectivity index (χ3v) is 6.89. The highest BCUT2D eigenvalue weighted by Gasteiger charge is 2.33. The van der Waals surface area contributed by atoms with Crippen LogP contribution in [0.2, 0.25) is 0 Å². The largest absolute Gasteiger partial charge is 0.496 e. The Labute approximate surface area is 196 Å². The molecule has 0 radical (unpaired) electrons. The molecule has 1 amide bonds. The summed E-state index contributed by atoms with van der Waals surface area (Å²) >= 11 is 0. The highest BCUT2D eigenvalue weighted by Crippen LogP contribution is 2.33. The zero-order chi connectivity index (χ0) is 24.9. The number of ether oxygens (including phenoxy) is 1. The van der Waals surface area contributed by atoms with E-state index < -0.39 is 34.2 Å². The van der Waals surface area contributed by atoms with Gasteiger partial charge in [-0.25, -0.2) is 8.42 Å². The van der Waals surface area contributed by atoms with Gasteiger partial charge in [-0.3, -0.25) is 9.10 Å². The lowest BCUT2D eigenvalue weighted by molar-refractivity contribution is -0.137. The van der Waals surface area contributed by atoms with Crippen LogP contribution in [0.3, 0.4) is 0 Å². The molecule has 0 N–H and O–H groups in total. The van der Waals surface area contributed by atoms with Gasteiger partial charge in [0.2, 0.25) is 5.91 Å². The third kappa shape index (κ3) is 5.69. The van der Waals surface area contributed by atoms with Crippen LogP contribution in [0, 0.1) is 0 Å². The van der Waals surface area contributed by atoms with Crippen molar-refractivity contribution in [2.45, 2.75) is 17.6 Å². The van der Waals surface area contributed by atoms with Crippen LogP contribution in [0.5, 0.6) is 5.75 Å². The molecular formula is C24H23F3N2O4S. The van der Waals surface area contributed by atoms with Crippen molar-refractivity contribution in [1.29, 1.82) is 0 Å². The fraction of sp³-hybridized carbons (Fsp3) is 0.208. The summed E-state index contributed by atoms with van der Waals surface area (Å²) in [7, 11) is -1.37. The van der Waals surface area contributed by atoms with Gasteiger partial charge in [-0.05, 0) is 36.4 Å². The highest BCUT2D eigenvalue weighted by atomic mass is 32.2. The SMILES string of the molecule is COc1ccccc1CN(C)C(=O)CN(c1cccc(C(F)(F)F)c1)S(=O)(=O)c1ccccc1. The molecular weight excluding hydrogens is 469 g/mol. The number of likely N-dealkylation sites (N-methyl/N-ethyl adjacent to an activating group) is 1. The molecule has 0 atom stereocenters. The standard InChI is InChI=1S/C24H23F3N2O4S/c1-28(16-18-9-6-7-14-22(18)33-2)23(30)17-29(34(31,32)21-12-4-3-5-13-21)20-11-8-10-19(15-20)24(25,26)27/h3-15H,16-17H2,1-2H3. The van der Waals surface area contributed by atoms with E-state index in [4.69, 9.17) is 4.74 Å². The van der Waals surface area contributed by atoms with E-state index in [2.05, 4.69) is 0 Å². The van der Waals surface area contributed by atoms with Crippen molar-refractivity contribution in [2.75, 3.05) is 25.0 Å². The van der Waals surface area contributed by atoms with E-state index >= 15 is 0 Å². The number of hydrogen-bond acceptors (Lipinski definition) is 4. The zero-order valence-electron chi connectivity index (χ0n) is 18.5. The van der Waals surface area contributed by atoms with Gasteiger partial charge in [0.15, 0.2) is 0 Å². The van der Waals surface area contributed by atoms with E-state index in [9.17, 15) is 26.4 Å². The molecule has 0 fully saturated rings. The predicted molar refractivity (Wildman–Crippen MR) is 122 cm³/mol. The van der Waals surface area contributed by atoms with Gasteiger partial charge in [0.1, 0.15) is 12.3 Å². The van der Waals surface area contributed by atoms with E-state index in [0.29, 0.717) is 21.7 Å². The molecule has 0 aliphatic carbocycles. The molecule has 0 heterocycles. The molecule has 0 aliphatic rings. The second-order valence-electron chi connectivity index (χ2n) is 7.43. The summed E-state index contributed by atoms with van der Waals surface area (Å²) < 4.78 is 72.6. The molecule has 0 aliphatic heterocycles. The first kappa shape index (κ1) is 25.1. The molecule has 0 bridgehead atoms. The summed E-state index contributed by atoms with van der Waals surface area (Å²) in [4.78, 5) is 14.2. The second-order valence-corrected chi connectivity index (χ2v) is 9.30. The number of nitrogens with zero attached hydrogens (tertiary/aromatic N) is 2. The number of alkyl halides is 3. The zero-order valence-corrected chi connectivity index (χ0v) is 19.3. The van der Waals surface area contributed by atoms with Gasteiger partial charge in [0.05, 0.1) is 23.3 Å². The van der Waals surface area contributed by atoms with Crippen molar-refractivity contribution >= 4 is 21.6 Å². The minimum Gasteiger partial charge on any atom is -0.496 e. The van der Waals surface area contributed by atoms with E-state index in [1.54, 1.807) is 30.3 Å². The molecule has 3 aromatic rings. The van der Waals surface area contributed by atoms with E-state index in [0.717, 1.165) is 12.1 Å².